The fourth-order valence-corrected chi connectivity index (χ4v) is 2.30. The van der Waals surface area contributed by atoms with Crippen LogP contribution in [0.5, 0.6) is 0 Å². The van der Waals surface area contributed by atoms with Gasteiger partial charge in [-0.2, -0.15) is 0 Å². The molecular weight excluding hydrogens is 210 g/mol. The van der Waals surface area contributed by atoms with E-state index in [0.717, 1.165) is 12.8 Å². The smallest absolute Gasteiger partial charge is 0.223 e. The van der Waals surface area contributed by atoms with E-state index in [1.165, 1.54) is 12.8 Å². The molecule has 0 aromatic rings. The molecule has 17 heavy (non-hydrogen) atoms. The first-order valence-electron chi connectivity index (χ1n) is 7.03. The molecular formula is C15H29NO. The van der Waals surface area contributed by atoms with Crippen LogP contribution in [0, 0.1) is 17.3 Å². The number of carbonyl (C=O) groups is 1. The van der Waals surface area contributed by atoms with Crippen molar-refractivity contribution in [3.8, 4) is 0 Å². The average Bonchev–Trinajstić information content (AvgIpc) is 2.94. The molecule has 0 aliphatic heterocycles. The van der Waals surface area contributed by atoms with E-state index < -0.39 is 0 Å². The fourth-order valence-electron chi connectivity index (χ4n) is 2.30. The van der Waals surface area contributed by atoms with E-state index in [9.17, 15) is 4.79 Å². The Morgan fingerprint density at radius 3 is 2.24 bits per heavy atom. The molecule has 0 heterocycles. The number of amides is 1. The maximum absolute atomic E-state index is 12.2. The van der Waals surface area contributed by atoms with E-state index >= 15 is 0 Å². The maximum Gasteiger partial charge on any atom is 0.223 e. The highest BCUT2D eigenvalue weighted by molar-refractivity contribution is 5.79. The van der Waals surface area contributed by atoms with Gasteiger partial charge < -0.3 is 5.32 Å². The fraction of sp³-hybridized carbons (Fsp3) is 0.933. The van der Waals surface area contributed by atoms with Gasteiger partial charge in [-0.15, -0.1) is 0 Å². The molecule has 0 aromatic carbocycles. The third-order valence-corrected chi connectivity index (χ3v) is 4.54. The molecule has 1 rings (SSSR count). The van der Waals surface area contributed by atoms with Gasteiger partial charge >= 0.3 is 0 Å². The van der Waals surface area contributed by atoms with Gasteiger partial charge in [-0.1, -0.05) is 34.6 Å². The molecule has 1 amide bonds. The van der Waals surface area contributed by atoms with Crippen molar-refractivity contribution in [3.63, 3.8) is 0 Å². The first-order chi connectivity index (χ1) is 7.71. The summed E-state index contributed by atoms with van der Waals surface area (Å²) in [6.45, 7) is 12.9. The van der Waals surface area contributed by atoms with Crippen molar-refractivity contribution in [2.24, 2.45) is 17.3 Å². The van der Waals surface area contributed by atoms with Gasteiger partial charge in [-0.05, 0) is 43.9 Å². The molecule has 1 aliphatic rings. The molecule has 0 saturated heterocycles. The summed E-state index contributed by atoms with van der Waals surface area (Å²) in [4.78, 5) is 12.2. The van der Waals surface area contributed by atoms with Crippen LogP contribution in [0.3, 0.4) is 0 Å². The topological polar surface area (TPSA) is 29.1 Å². The van der Waals surface area contributed by atoms with E-state index in [4.69, 9.17) is 0 Å². The lowest BCUT2D eigenvalue weighted by Gasteiger charge is -2.34. The Labute approximate surface area is 107 Å². The monoisotopic (exact) mass is 239 g/mol. The Balaban J connectivity index is 2.58. The third-order valence-electron chi connectivity index (χ3n) is 4.54. The van der Waals surface area contributed by atoms with Crippen LogP contribution in [0.1, 0.15) is 67.2 Å². The molecule has 0 bridgehead atoms. The average molecular weight is 239 g/mol. The number of carbonyl (C=O) groups excluding carboxylic acids is 1. The number of hydrogen-bond acceptors (Lipinski definition) is 1. The van der Waals surface area contributed by atoms with Crippen LogP contribution in [0.25, 0.3) is 0 Å². The highest BCUT2D eigenvalue weighted by Gasteiger charge is 2.43. The van der Waals surface area contributed by atoms with Crippen LogP contribution in [0.4, 0.5) is 0 Å². The van der Waals surface area contributed by atoms with Crippen molar-refractivity contribution < 1.29 is 4.79 Å². The van der Waals surface area contributed by atoms with Crippen LogP contribution in [-0.2, 0) is 4.79 Å². The van der Waals surface area contributed by atoms with Gasteiger partial charge in [0.25, 0.3) is 0 Å². The van der Waals surface area contributed by atoms with Gasteiger partial charge in [0.2, 0.25) is 5.91 Å². The number of nitrogens with one attached hydrogen (secondary N) is 1. The lowest BCUT2D eigenvalue weighted by Crippen LogP contribution is -2.49. The SMILES string of the molecule is CCC(C)(CC1(C)CC1)NC(=O)C(C)C(C)C. The molecule has 100 valence electrons. The summed E-state index contributed by atoms with van der Waals surface area (Å²) in [7, 11) is 0. The van der Waals surface area contributed by atoms with Crippen molar-refractivity contribution in [2.75, 3.05) is 0 Å². The predicted molar refractivity (Wildman–Crippen MR) is 72.8 cm³/mol. The Kier molecular flexibility index (Phi) is 4.27. The lowest BCUT2D eigenvalue weighted by atomic mass is 9.84. The Morgan fingerprint density at radius 2 is 1.88 bits per heavy atom. The summed E-state index contributed by atoms with van der Waals surface area (Å²) in [6, 6.07) is 0. The molecule has 1 N–H and O–H groups in total. The van der Waals surface area contributed by atoms with Crippen molar-refractivity contribution in [3.05, 3.63) is 0 Å². The summed E-state index contributed by atoms with van der Waals surface area (Å²) < 4.78 is 0. The predicted octanol–water partition coefficient (Wildman–Crippen LogP) is 3.75. The van der Waals surface area contributed by atoms with Gasteiger partial charge in [-0.3, -0.25) is 4.79 Å². The second kappa shape index (κ2) is 4.99. The second-order valence-corrected chi connectivity index (χ2v) is 6.92. The van der Waals surface area contributed by atoms with Crippen molar-refractivity contribution in [1.29, 1.82) is 0 Å². The van der Waals surface area contributed by atoms with Gasteiger partial charge in [0.05, 0.1) is 0 Å². The zero-order chi connectivity index (χ0) is 13.3. The summed E-state index contributed by atoms with van der Waals surface area (Å²) in [5, 5.41) is 3.28. The zero-order valence-corrected chi connectivity index (χ0v) is 12.4. The van der Waals surface area contributed by atoms with Crippen molar-refractivity contribution >= 4 is 5.91 Å². The molecule has 2 atom stereocenters. The molecule has 1 aliphatic carbocycles. The van der Waals surface area contributed by atoms with E-state index in [1.807, 2.05) is 6.92 Å². The van der Waals surface area contributed by atoms with Gasteiger partial charge in [0.1, 0.15) is 0 Å². The molecule has 2 unspecified atom stereocenters. The maximum atomic E-state index is 12.2. The first kappa shape index (κ1) is 14.5. The highest BCUT2D eigenvalue weighted by atomic mass is 16.2. The lowest BCUT2D eigenvalue weighted by molar-refractivity contribution is -0.127. The molecule has 1 fully saturated rings. The second-order valence-electron chi connectivity index (χ2n) is 6.92. The van der Waals surface area contributed by atoms with Crippen molar-refractivity contribution in [1.82, 2.24) is 5.32 Å². The number of hydrogen-bond donors (Lipinski definition) is 1. The molecule has 0 spiro atoms. The van der Waals surface area contributed by atoms with Crippen molar-refractivity contribution in [2.45, 2.75) is 72.8 Å². The summed E-state index contributed by atoms with van der Waals surface area (Å²) in [5.41, 5.74) is 0.463. The van der Waals surface area contributed by atoms with Crippen LogP contribution >= 0.6 is 0 Å². The molecule has 0 radical (unpaired) electrons. The van der Waals surface area contributed by atoms with E-state index in [1.54, 1.807) is 0 Å². The third kappa shape index (κ3) is 4.01. The molecule has 2 nitrogen and oxygen atoms in total. The number of rotatable bonds is 6. The highest BCUT2D eigenvalue weighted by Crippen LogP contribution is 2.51. The Morgan fingerprint density at radius 1 is 1.35 bits per heavy atom. The Bertz CT molecular complexity index is 281. The molecule has 1 saturated carbocycles. The largest absolute Gasteiger partial charge is 0.351 e. The van der Waals surface area contributed by atoms with Crippen LogP contribution in [0.15, 0.2) is 0 Å². The van der Waals surface area contributed by atoms with Crippen LogP contribution < -0.4 is 5.32 Å². The summed E-state index contributed by atoms with van der Waals surface area (Å²) in [5.74, 6) is 0.731. The summed E-state index contributed by atoms with van der Waals surface area (Å²) >= 11 is 0. The quantitative estimate of drug-likeness (QED) is 0.751. The molecule has 2 heteroatoms. The van der Waals surface area contributed by atoms with Crippen LogP contribution in [0.2, 0.25) is 0 Å². The molecule has 0 aromatic heterocycles. The summed E-state index contributed by atoms with van der Waals surface area (Å²) in [6.07, 6.45) is 4.77. The van der Waals surface area contributed by atoms with E-state index in [2.05, 4.69) is 39.9 Å². The van der Waals surface area contributed by atoms with Gasteiger partial charge in [0, 0.05) is 11.5 Å². The van der Waals surface area contributed by atoms with E-state index in [-0.39, 0.29) is 17.4 Å². The van der Waals surface area contributed by atoms with Gasteiger partial charge in [-0.25, -0.2) is 0 Å². The minimum atomic E-state index is -0.0223. The Hall–Kier alpha value is -0.530. The van der Waals surface area contributed by atoms with Gasteiger partial charge in [0.15, 0.2) is 0 Å². The normalized spacial score (nSPS) is 23.0. The first-order valence-corrected chi connectivity index (χ1v) is 7.03. The standard InChI is InChI=1S/C15H29NO/c1-7-15(6,10-14(5)8-9-14)16-13(17)12(4)11(2)3/h11-12H,7-10H2,1-6H3,(H,16,17). The van der Waals surface area contributed by atoms with E-state index in [0.29, 0.717) is 11.3 Å². The van der Waals surface area contributed by atoms with Crippen LogP contribution in [-0.4, -0.2) is 11.4 Å². The minimum absolute atomic E-state index is 0.0223. The zero-order valence-electron chi connectivity index (χ0n) is 12.4. The minimum Gasteiger partial charge on any atom is -0.351 e.